The second-order valence-electron chi connectivity index (χ2n) is 3.52. The van der Waals surface area contributed by atoms with E-state index in [1.807, 2.05) is 36.6 Å². The highest BCUT2D eigenvalue weighted by atomic mass is 79.9. The van der Waals surface area contributed by atoms with Gasteiger partial charge in [0.15, 0.2) is 0 Å². The fraction of sp³-hybridized carbons (Fsp3) is 0.167. The van der Waals surface area contributed by atoms with Crippen molar-refractivity contribution in [1.82, 2.24) is 4.57 Å². The number of hydrogen-bond acceptors (Lipinski definition) is 0. The Morgan fingerprint density at radius 1 is 1.07 bits per heavy atom. The molecule has 0 aliphatic heterocycles. The minimum atomic E-state index is -0.216. The van der Waals surface area contributed by atoms with Gasteiger partial charge in [0.2, 0.25) is 0 Å². The predicted octanol–water partition coefficient (Wildman–Crippen LogP) is 4.00. The number of benzene rings is 1. The molecule has 1 aromatic heterocycles. The van der Waals surface area contributed by atoms with Crippen LogP contribution in [0.15, 0.2) is 34.8 Å². The molecule has 1 nitrogen and oxygen atoms in total. The van der Waals surface area contributed by atoms with E-state index in [1.165, 1.54) is 6.07 Å². The summed E-state index contributed by atoms with van der Waals surface area (Å²) in [4.78, 5) is 0. The summed E-state index contributed by atoms with van der Waals surface area (Å²) in [5.41, 5.74) is 2.63. The summed E-state index contributed by atoms with van der Waals surface area (Å²) in [6.45, 7) is 3.93. The first kappa shape index (κ1) is 10.4. The van der Waals surface area contributed by atoms with Gasteiger partial charge in [-0.15, -0.1) is 0 Å². The average Bonchev–Trinajstić information content (AvgIpc) is 2.49. The summed E-state index contributed by atoms with van der Waals surface area (Å²) >= 11 is 3.38. The van der Waals surface area contributed by atoms with Crippen LogP contribution in [0.4, 0.5) is 4.39 Å². The Kier molecular flexibility index (Phi) is 2.65. The van der Waals surface area contributed by atoms with Crippen molar-refractivity contribution in [3.8, 4) is 5.69 Å². The molecule has 1 heterocycles. The van der Waals surface area contributed by atoms with Crippen molar-refractivity contribution in [1.29, 1.82) is 0 Å². The van der Waals surface area contributed by atoms with Crippen LogP contribution in [0.5, 0.6) is 0 Å². The first-order valence-corrected chi connectivity index (χ1v) is 5.50. The Balaban J connectivity index is 2.74. The Morgan fingerprint density at radius 2 is 1.67 bits per heavy atom. The second-order valence-corrected chi connectivity index (χ2v) is 4.38. The van der Waals surface area contributed by atoms with Crippen LogP contribution in [0.1, 0.15) is 11.4 Å². The molecule has 0 saturated heterocycles. The topological polar surface area (TPSA) is 4.93 Å². The van der Waals surface area contributed by atoms with Gasteiger partial charge in [0, 0.05) is 15.9 Å². The molecule has 15 heavy (non-hydrogen) atoms. The van der Waals surface area contributed by atoms with Gasteiger partial charge in [0.05, 0.1) is 5.69 Å². The van der Waals surface area contributed by atoms with E-state index in [1.54, 1.807) is 6.07 Å². The molecule has 0 unspecified atom stereocenters. The Morgan fingerprint density at radius 3 is 2.20 bits per heavy atom. The van der Waals surface area contributed by atoms with Gasteiger partial charge in [-0.2, -0.15) is 0 Å². The molecule has 2 rings (SSSR count). The lowest BCUT2D eigenvalue weighted by Gasteiger charge is -2.12. The third-order valence-electron chi connectivity index (χ3n) is 2.43. The van der Waals surface area contributed by atoms with E-state index in [4.69, 9.17) is 0 Å². The van der Waals surface area contributed by atoms with Crippen LogP contribution in [0.25, 0.3) is 5.69 Å². The van der Waals surface area contributed by atoms with Gasteiger partial charge in [-0.1, -0.05) is 6.07 Å². The number of rotatable bonds is 1. The molecule has 0 amide bonds. The highest BCUT2D eigenvalue weighted by molar-refractivity contribution is 9.10. The van der Waals surface area contributed by atoms with E-state index >= 15 is 0 Å². The fourth-order valence-corrected chi connectivity index (χ4v) is 2.24. The molecule has 78 valence electrons. The standard InChI is InChI=1S/C12H11BrFN/c1-8-6-7-9(2)15(8)12-10(13)4-3-5-11(12)14/h3-7H,1-2H3. The molecule has 0 radical (unpaired) electrons. The largest absolute Gasteiger partial charge is 0.315 e. The van der Waals surface area contributed by atoms with Crippen molar-refractivity contribution >= 4 is 15.9 Å². The van der Waals surface area contributed by atoms with Crippen LogP contribution in [-0.4, -0.2) is 4.57 Å². The number of aryl methyl sites for hydroxylation is 2. The first-order chi connectivity index (χ1) is 7.11. The maximum absolute atomic E-state index is 13.7. The van der Waals surface area contributed by atoms with E-state index in [0.29, 0.717) is 5.69 Å². The summed E-state index contributed by atoms with van der Waals surface area (Å²) in [5, 5.41) is 0. The summed E-state index contributed by atoms with van der Waals surface area (Å²) in [5.74, 6) is -0.216. The fourth-order valence-electron chi connectivity index (χ4n) is 1.72. The molecule has 0 aliphatic carbocycles. The molecule has 0 fully saturated rings. The molecule has 2 aromatic rings. The lowest BCUT2D eigenvalue weighted by molar-refractivity contribution is 0.614. The zero-order valence-electron chi connectivity index (χ0n) is 8.59. The lowest BCUT2D eigenvalue weighted by Crippen LogP contribution is -2.02. The molecule has 0 aliphatic rings. The van der Waals surface area contributed by atoms with Crippen LogP contribution in [0.2, 0.25) is 0 Å². The highest BCUT2D eigenvalue weighted by Gasteiger charge is 2.11. The van der Waals surface area contributed by atoms with Gasteiger partial charge in [0.1, 0.15) is 5.82 Å². The van der Waals surface area contributed by atoms with Crippen LogP contribution in [0, 0.1) is 19.7 Å². The van der Waals surface area contributed by atoms with Crippen molar-refractivity contribution in [3.05, 3.63) is 52.0 Å². The van der Waals surface area contributed by atoms with Gasteiger partial charge < -0.3 is 4.57 Å². The van der Waals surface area contributed by atoms with Crippen molar-refractivity contribution in [2.75, 3.05) is 0 Å². The van der Waals surface area contributed by atoms with E-state index in [9.17, 15) is 4.39 Å². The number of para-hydroxylation sites is 1. The van der Waals surface area contributed by atoms with Crippen LogP contribution >= 0.6 is 15.9 Å². The average molecular weight is 268 g/mol. The smallest absolute Gasteiger partial charge is 0.148 e. The van der Waals surface area contributed by atoms with Crippen molar-refractivity contribution < 1.29 is 4.39 Å². The van der Waals surface area contributed by atoms with Gasteiger partial charge in [0.25, 0.3) is 0 Å². The van der Waals surface area contributed by atoms with Crippen LogP contribution in [0.3, 0.4) is 0 Å². The number of hydrogen-bond donors (Lipinski definition) is 0. The lowest BCUT2D eigenvalue weighted by atomic mass is 10.3. The van der Waals surface area contributed by atoms with Gasteiger partial charge >= 0.3 is 0 Å². The van der Waals surface area contributed by atoms with E-state index < -0.39 is 0 Å². The SMILES string of the molecule is Cc1ccc(C)n1-c1c(F)cccc1Br. The van der Waals surface area contributed by atoms with Crippen molar-refractivity contribution in [2.45, 2.75) is 13.8 Å². The van der Waals surface area contributed by atoms with Gasteiger partial charge in [-0.3, -0.25) is 0 Å². The highest BCUT2D eigenvalue weighted by Crippen LogP contribution is 2.26. The molecule has 0 spiro atoms. The van der Waals surface area contributed by atoms with E-state index in [-0.39, 0.29) is 5.82 Å². The Bertz CT molecular complexity index is 463. The van der Waals surface area contributed by atoms with Gasteiger partial charge in [-0.25, -0.2) is 4.39 Å². The third-order valence-corrected chi connectivity index (χ3v) is 3.07. The maximum Gasteiger partial charge on any atom is 0.148 e. The van der Waals surface area contributed by atoms with Crippen LogP contribution < -0.4 is 0 Å². The number of aromatic nitrogens is 1. The predicted molar refractivity (Wildman–Crippen MR) is 62.9 cm³/mol. The first-order valence-electron chi connectivity index (χ1n) is 4.70. The van der Waals surface area contributed by atoms with Crippen LogP contribution in [-0.2, 0) is 0 Å². The molecule has 0 bridgehead atoms. The van der Waals surface area contributed by atoms with Gasteiger partial charge in [-0.05, 0) is 54.0 Å². The molecular formula is C12H11BrFN. The Hall–Kier alpha value is -1.09. The second kappa shape index (κ2) is 3.81. The molecular weight excluding hydrogens is 257 g/mol. The summed E-state index contributed by atoms with van der Waals surface area (Å²) in [6.07, 6.45) is 0. The molecule has 3 heteroatoms. The molecule has 0 saturated carbocycles. The summed E-state index contributed by atoms with van der Waals surface area (Å²) in [7, 11) is 0. The summed E-state index contributed by atoms with van der Waals surface area (Å²) < 4.78 is 16.4. The zero-order valence-corrected chi connectivity index (χ0v) is 10.2. The van der Waals surface area contributed by atoms with Crippen molar-refractivity contribution in [3.63, 3.8) is 0 Å². The van der Waals surface area contributed by atoms with E-state index in [2.05, 4.69) is 15.9 Å². The third kappa shape index (κ3) is 1.72. The normalized spacial score (nSPS) is 10.7. The quantitative estimate of drug-likeness (QED) is 0.736. The minimum absolute atomic E-state index is 0.216. The molecule has 1 aromatic carbocycles. The Labute approximate surface area is 96.7 Å². The monoisotopic (exact) mass is 267 g/mol. The van der Waals surface area contributed by atoms with E-state index in [0.717, 1.165) is 15.9 Å². The van der Waals surface area contributed by atoms with Crippen molar-refractivity contribution in [2.24, 2.45) is 0 Å². The number of halogens is 2. The summed E-state index contributed by atoms with van der Waals surface area (Å²) in [6, 6.07) is 8.97. The number of nitrogens with zero attached hydrogens (tertiary/aromatic N) is 1. The molecule has 0 atom stereocenters. The zero-order chi connectivity index (χ0) is 11.0. The maximum atomic E-state index is 13.7. The minimum Gasteiger partial charge on any atom is -0.315 e. The molecule has 0 N–H and O–H groups in total.